The van der Waals surface area contributed by atoms with Gasteiger partial charge in [-0.3, -0.25) is 0 Å². The highest BCUT2D eigenvalue weighted by molar-refractivity contribution is 5.51. The largest absolute Gasteiger partial charge is 0.192 e. The first-order valence-corrected chi connectivity index (χ1v) is 7.52. The number of azide groups is 1. The van der Waals surface area contributed by atoms with E-state index in [9.17, 15) is 0 Å². The predicted molar refractivity (Wildman–Crippen MR) is 86.5 cm³/mol. The van der Waals surface area contributed by atoms with Crippen molar-refractivity contribution in [2.45, 2.75) is 51.5 Å². The third-order valence-electron chi connectivity index (χ3n) is 3.35. The smallest absolute Gasteiger partial charge is 0.0991 e. The van der Waals surface area contributed by atoms with Crippen LogP contribution in [0.1, 0.15) is 56.6 Å². The topological polar surface area (TPSA) is 72.5 Å². The second-order valence-corrected chi connectivity index (χ2v) is 5.07. The van der Waals surface area contributed by atoms with Crippen molar-refractivity contribution in [1.29, 1.82) is 5.26 Å². The van der Waals surface area contributed by atoms with Crippen LogP contribution in [0.2, 0.25) is 0 Å². The number of nitriles is 1. The minimum atomic E-state index is -0.0905. The standard InChI is InChI=1S/C17H22N4/c1-2-3-4-5-6-7-17(20-21-19)13-12-15-8-10-16(14-18)11-9-15/h8-13,17H,2-7H2,1H3/b13-12+. The summed E-state index contributed by atoms with van der Waals surface area (Å²) in [7, 11) is 0. The molecule has 110 valence electrons. The molecule has 0 radical (unpaired) electrons. The molecule has 1 unspecified atom stereocenters. The number of nitrogens with zero attached hydrogens (tertiary/aromatic N) is 4. The molecule has 0 N–H and O–H groups in total. The second-order valence-electron chi connectivity index (χ2n) is 5.07. The lowest BCUT2D eigenvalue weighted by Gasteiger charge is -2.05. The van der Waals surface area contributed by atoms with Gasteiger partial charge >= 0.3 is 0 Å². The van der Waals surface area contributed by atoms with E-state index in [0.717, 1.165) is 18.4 Å². The maximum Gasteiger partial charge on any atom is 0.0991 e. The fourth-order valence-electron chi connectivity index (χ4n) is 2.11. The summed E-state index contributed by atoms with van der Waals surface area (Å²) in [5, 5.41) is 12.6. The van der Waals surface area contributed by atoms with E-state index in [1.54, 1.807) is 12.1 Å². The summed E-state index contributed by atoms with van der Waals surface area (Å²) in [5.41, 5.74) is 10.3. The van der Waals surface area contributed by atoms with Gasteiger partial charge in [-0.1, -0.05) is 68.4 Å². The zero-order chi connectivity index (χ0) is 15.3. The Labute approximate surface area is 126 Å². The lowest BCUT2D eigenvalue weighted by Crippen LogP contribution is -1.98. The molecule has 0 fully saturated rings. The molecular formula is C17H22N4. The van der Waals surface area contributed by atoms with Crippen LogP contribution in [0.3, 0.4) is 0 Å². The molecule has 0 saturated heterocycles. The van der Waals surface area contributed by atoms with Gasteiger partial charge < -0.3 is 0 Å². The average molecular weight is 282 g/mol. The molecule has 0 bridgehead atoms. The van der Waals surface area contributed by atoms with Gasteiger partial charge in [-0.2, -0.15) is 5.26 Å². The maximum atomic E-state index is 8.75. The molecule has 1 aromatic rings. The van der Waals surface area contributed by atoms with Gasteiger partial charge in [0.1, 0.15) is 0 Å². The summed E-state index contributed by atoms with van der Waals surface area (Å²) in [6.07, 6.45) is 10.8. The molecule has 0 aromatic heterocycles. The van der Waals surface area contributed by atoms with Crippen LogP contribution in [0.5, 0.6) is 0 Å². The summed E-state index contributed by atoms with van der Waals surface area (Å²) < 4.78 is 0. The first-order chi connectivity index (χ1) is 10.3. The Morgan fingerprint density at radius 3 is 2.57 bits per heavy atom. The van der Waals surface area contributed by atoms with Crippen LogP contribution in [-0.2, 0) is 0 Å². The highest BCUT2D eigenvalue weighted by Gasteiger charge is 2.01. The summed E-state index contributed by atoms with van der Waals surface area (Å²) in [6.45, 7) is 2.20. The predicted octanol–water partition coefficient (Wildman–Crippen LogP) is 5.61. The highest BCUT2D eigenvalue weighted by atomic mass is 15.1. The zero-order valence-electron chi connectivity index (χ0n) is 12.6. The first kappa shape index (κ1) is 16.8. The molecule has 1 aromatic carbocycles. The summed E-state index contributed by atoms with van der Waals surface area (Å²) in [4.78, 5) is 2.92. The van der Waals surface area contributed by atoms with Crippen LogP contribution in [0, 0.1) is 11.3 Å². The number of benzene rings is 1. The maximum absolute atomic E-state index is 8.75. The average Bonchev–Trinajstić information content (AvgIpc) is 2.52. The van der Waals surface area contributed by atoms with Crippen molar-refractivity contribution in [3.63, 3.8) is 0 Å². The van der Waals surface area contributed by atoms with Crippen molar-refractivity contribution in [1.82, 2.24) is 0 Å². The van der Waals surface area contributed by atoms with E-state index < -0.39 is 0 Å². The van der Waals surface area contributed by atoms with E-state index in [1.165, 1.54) is 25.7 Å². The molecule has 0 aliphatic rings. The molecule has 21 heavy (non-hydrogen) atoms. The van der Waals surface area contributed by atoms with Gasteiger partial charge in [-0.05, 0) is 29.6 Å². The van der Waals surface area contributed by atoms with E-state index in [0.29, 0.717) is 5.56 Å². The van der Waals surface area contributed by atoms with Gasteiger partial charge in [-0.15, -0.1) is 0 Å². The molecule has 0 amide bonds. The van der Waals surface area contributed by atoms with Crippen LogP contribution in [0.4, 0.5) is 0 Å². The van der Waals surface area contributed by atoms with Gasteiger partial charge in [0, 0.05) is 4.91 Å². The van der Waals surface area contributed by atoms with E-state index in [-0.39, 0.29) is 6.04 Å². The van der Waals surface area contributed by atoms with Crippen LogP contribution in [-0.4, -0.2) is 6.04 Å². The molecule has 4 heteroatoms. The summed E-state index contributed by atoms with van der Waals surface area (Å²) in [6, 6.07) is 9.36. The van der Waals surface area contributed by atoms with Crippen LogP contribution >= 0.6 is 0 Å². The Bertz CT molecular complexity index is 519. The third-order valence-corrected chi connectivity index (χ3v) is 3.35. The molecule has 4 nitrogen and oxygen atoms in total. The molecule has 1 rings (SSSR count). The monoisotopic (exact) mass is 282 g/mol. The van der Waals surface area contributed by atoms with Gasteiger partial charge in [0.05, 0.1) is 17.7 Å². The molecular weight excluding hydrogens is 260 g/mol. The lowest BCUT2D eigenvalue weighted by atomic mass is 10.1. The molecule has 0 spiro atoms. The number of hydrogen-bond acceptors (Lipinski definition) is 2. The fourth-order valence-corrected chi connectivity index (χ4v) is 2.11. The SMILES string of the molecule is CCCCCCCC(/C=C/c1ccc(C#N)cc1)N=[N+]=[N-]. The second kappa shape index (κ2) is 10.5. The van der Waals surface area contributed by atoms with Crippen molar-refractivity contribution in [2.24, 2.45) is 5.11 Å². The van der Waals surface area contributed by atoms with Gasteiger partial charge in [0.2, 0.25) is 0 Å². The Balaban J connectivity index is 2.50. The number of hydrogen-bond donors (Lipinski definition) is 0. The minimum absolute atomic E-state index is 0.0905. The molecule has 0 heterocycles. The van der Waals surface area contributed by atoms with E-state index in [4.69, 9.17) is 10.8 Å². The van der Waals surface area contributed by atoms with Crippen molar-refractivity contribution in [3.05, 3.63) is 51.9 Å². The van der Waals surface area contributed by atoms with Crippen LogP contribution < -0.4 is 0 Å². The van der Waals surface area contributed by atoms with Gasteiger partial charge in [-0.25, -0.2) is 0 Å². The first-order valence-electron chi connectivity index (χ1n) is 7.52. The minimum Gasteiger partial charge on any atom is -0.192 e. The van der Waals surface area contributed by atoms with Gasteiger partial charge in [0.15, 0.2) is 0 Å². The number of rotatable bonds is 9. The lowest BCUT2D eigenvalue weighted by molar-refractivity contribution is 0.583. The van der Waals surface area contributed by atoms with E-state index >= 15 is 0 Å². The Hall–Kier alpha value is -2.24. The number of unbranched alkanes of at least 4 members (excludes halogenated alkanes) is 4. The normalized spacial score (nSPS) is 11.8. The van der Waals surface area contributed by atoms with Crippen molar-refractivity contribution < 1.29 is 0 Å². The van der Waals surface area contributed by atoms with Crippen molar-refractivity contribution >= 4 is 6.08 Å². The molecule has 0 aliphatic carbocycles. The van der Waals surface area contributed by atoms with Crippen LogP contribution in [0.25, 0.3) is 16.5 Å². The Morgan fingerprint density at radius 1 is 1.24 bits per heavy atom. The highest BCUT2D eigenvalue weighted by Crippen LogP contribution is 2.13. The fraction of sp³-hybridized carbons (Fsp3) is 0.471. The van der Waals surface area contributed by atoms with Gasteiger partial charge in [0.25, 0.3) is 0 Å². The van der Waals surface area contributed by atoms with Crippen molar-refractivity contribution in [3.8, 4) is 6.07 Å². The summed E-state index contributed by atoms with van der Waals surface area (Å²) in [5.74, 6) is 0. The molecule has 0 aliphatic heterocycles. The van der Waals surface area contributed by atoms with Crippen molar-refractivity contribution in [2.75, 3.05) is 0 Å². The Morgan fingerprint density at radius 2 is 1.95 bits per heavy atom. The van der Waals surface area contributed by atoms with E-state index in [2.05, 4.69) is 23.0 Å². The third kappa shape index (κ3) is 7.20. The van der Waals surface area contributed by atoms with E-state index in [1.807, 2.05) is 24.3 Å². The van der Waals surface area contributed by atoms with Crippen LogP contribution in [0.15, 0.2) is 35.5 Å². The summed E-state index contributed by atoms with van der Waals surface area (Å²) >= 11 is 0. The Kier molecular flexibility index (Phi) is 8.44. The molecule has 1 atom stereocenters. The quantitative estimate of drug-likeness (QED) is 0.251. The zero-order valence-corrected chi connectivity index (χ0v) is 12.6. The molecule has 0 saturated carbocycles.